The van der Waals surface area contributed by atoms with Gasteiger partial charge in [-0.1, -0.05) is 64.2 Å². The van der Waals surface area contributed by atoms with Gasteiger partial charge in [0.05, 0.1) is 12.1 Å². The first-order valence-electron chi connectivity index (χ1n) is 9.68. The average Bonchev–Trinajstić information content (AvgIpc) is 2.75. The van der Waals surface area contributed by atoms with Crippen molar-refractivity contribution >= 4 is 0 Å². The summed E-state index contributed by atoms with van der Waals surface area (Å²) in [7, 11) is 0. The Bertz CT molecular complexity index is 349. The number of rotatable bonds is 2. The zero-order chi connectivity index (χ0) is 15.5. The van der Waals surface area contributed by atoms with Crippen LogP contribution in [-0.4, -0.2) is 11.6 Å². The van der Waals surface area contributed by atoms with Crippen molar-refractivity contribution < 1.29 is 0 Å². The smallest absolute Gasteiger partial charge is 0.167 e. The summed E-state index contributed by atoms with van der Waals surface area (Å²) in [6.07, 6.45) is 19.6. The van der Waals surface area contributed by atoms with Gasteiger partial charge in [-0.25, -0.2) is 0 Å². The third-order valence-corrected chi connectivity index (χ3v) is 5.38. The Balaban J connectivity index is 1.96. The summed E-state index contributed by atoms with van der Waals surface area (Å²) < 4.78 is 0. The monoisotopic (exact) mass is 303 g/mol. The molecule has 0 aromatic rings. The van der Waals surface area contributed by atoms with E-state index in [1.54, 1.807) is 0 Å². The van der Waals surface area contributed by atoms with Crippen LogP contribution in [0.3, 0.4) is 0 Å². The lowest BCUT2D eigenvalue weighted by atomic mass is 9.90. The van der Waals surface area contributed by atoms with Crippen LogP contribution < -0.4 is 0 Å². The molecule has 0 atom stereocenters. The van der Waals surface area contributed by atoms with Crippen LogP contribution in [0.15, 0.2) is 10.2 Å². The van der Waals surface area contributed by atoms with Gasteiger partial charge in [-0.2, -0.15) is 15.5 Å². The molecule has 0 heterocycles. The Kier molecular flexibility index (Phi) is 7.91. The van der Waals surface area contributed by atoms with Crippen LogP contribution in [0.2, 0.25) is 0 Å². The molecule has 2 rings (SSSR count). The quantitative estimate of drug-likeness (QED) is 0.549. The molecule has 0 aromatic carbocycles. The number of hydrogen-bond donors (Lipinski definition) is 0. The van der Waals surface area contributed by atoms with Gasteiger partial charge < -0.3 is 0 Å². The summed E-state index contributed by atoms with van der Waals surface area (Å²) in [5.41, 5.74) is -0.511. The van der Waals surface area contributed by atoms with Gasteiger partial charge in [0.2, 0.25) is 0 Å². The normalized spacial score (nSPS) is 26.0. The van der Waals surface area contributed by atoms with Gasteiger partial charge in [-0.15, -0.1) is 0 Å². The molecule has 0 unspecified atom stereocenters. The van der Waals surface area contributed by atoms with Crippen LogP contribution in [0.4, 0.5) is 0 Å². The molecule has 0 spiro atoms. The van der Waals surface area contributed by atoms with Gasteiger partial charge >= 0.3 is 0 Å². The topological polar surface area (TPSA) is 48.5 Å². The lowest BCUT2D eigenvalue weighted by Crippen LogP contribution is -2.24. The van der Waals surface area contributed by atoms with Gasteiger partial charge in [0.1, 0.15) is 0 Å². The standard InChI is InChI=1S/C19H33N3/c20-17-19(15-11-7-3-4-8-12-16-19)22-21-18-13-9-5-1-2-6-10-14-18/h18H,1-16H2/b22-21+. The van der Waals surface area contributed by atoms with E-state index in [4.69, 9.17) is 5.11 Å². The summed E-state index contributed by atoms with van der Waals surface area (Å²) in [6.45, 7) is 0. The molecular formula is C19H33N3. The van der Waals surface area contributed by atoms with Crippen LogP contribution in [0.25, 0.3) is 0 Å². The maximum Gasteiger partial charge on any atom is 0.167 e. The van der Waals surface area contributed by atoms with Crippen LogP contribution in [0.5, 0.6) is 0 Å². The molecule has 22 heavy (non-hydrogen) atoms. The van der Waals surface area contributed by atoms with Crippen molar-refractivity contribution in [3.8, 4) is 6.07 Å². The van der Waals surface area contributed by atoms with Crippen molar-refractivity contribution in [3.63, 3.8) is 0 Å². The summed E-state index contributed by atoms with van der Waals surface area (Å²) in [4.78, 5) is 0. The van der Waals surface area contributed by atoms with Crippen LogP contribution in [-0.2, 0) is 0 Å². The molecule has 2 aliphatic rings. The van der Waals surface area contributed by atoms with Crippen LogP contribution in [0, 0.1) is 11.3 Å². The highest BCUT2D eigenvalue weighted by Gasteiger charge is 2.30. The molecule has 0 saturated heterocycles. The van der Waals surface area contributed by atoms with Gasteiger partial charge in [0.25, 0.3) is 0 Å². The Morgan fingerprint density at radius 1 is 0.682 bits per heavy atom. The van der Waals surface area contributed by atoms with E-state index in [1.807, 2.05) is 0 Å². The Morgan fingerprint density at radius 3 is 1.64 bits per heavy atom. The zero-order valence-corrected chi connectivity index (χ0v) is 14.2. The molecule has 0 aliphatic heterocycles. The molecule has 0 amide bonds. The van der Waals surface area contributed by atoms with Crippen molar-refractivity contribution in [2.45, 2.75) is 114 Å². The molecular weight excluding hydrogens is 270 g/mol. The fourth-order valence-electron chi connectivity index (χ4n) is 3.82. The predicted octanol–water partition coefficient (Wildman–Crippen LogP) is 6.34. The summed E-state index contributed by atoms with van der Waals surface area (Å²) in [6, 6.07) is 2.90. The first-order valence-corrected chi connectivity index (χ1v) is 9.68. The van der Waals surface area contributed by atoms with Crippen molar-refractivity contribution in [1.82, 2.24) is 0 Å². The largest absolute Gasteiger partial charge is 0.196 e. The SMILES string of the molecule is N#CC1(/N=N/C2CCCCCCCC2)CCCCCCCC1. The van der Waals surface area contributed by atoms with E-state index >= 15 is 0 Å². The van der Waals surface area contributed by atoms with Crippen LogP contribution in [0.1, 0.15) is 103 Å². The van der Waals surface area contributed by atoms with Crippen molar-refractivity contribution in [2.75, 3.05) is 0 Å². The van der Waals surface area contributed by atoms with Crippen molar-refractivity contribution in [2.24, 2.45) is 10.2 Å². The molecule has 124 valence electrons. The van der Waals surface area contributed by atoms with E-state index in [1.165, 1.54) is 77.0 Å². The summed E-state index contributed by atoms with van der Waals surface area (Å²) in [5.74, 6) is 0. The third-order valence-electron chi connectivity index (χ3n) is 5.38. The molecule has 0 aromatic heterocycles. The Labute approximate surface area is 136 Å². The fraction of sp³-hybridized carbons (Fsp3) is 0.947. The first-order chi connectivity index (χ1) is 10.8. The highest BCUT2D eigenvalue weighted by Crippen LogP contribution is 2.30. The van der Waals surface area contributed by atoms with Gasteiger partial charge in [0.15, 0.2) is 5.54 Å². The van der Waals surface area contributed by atoms with E-state index in [0.717, 1.165) is 25.7 Å². The maximum absolute atomic E-state index is 9.72. The van der Waals surface area contributed by atoms with E-state index in [-0.39, 0.29) is 0 Å². The second kappa shape index (κ2) is 9.98. The molecule has 0 N–H and O–H groups in total. The lowest BCUT2D eigenvalue weighted by Gasteiger charge is -2.21. The van der Waals surface area contributed by atoms with E-state index in [0.29, 0.717) is 6.04 Å². The van der Waals surface area contributed by atoms with Crippen LogP contribution >= 0.6 is 0 Å². The van der Waals surface area contributed by atoms with E-state index in [9.17, 15) is 5.26 Å². The second-order valence-electron chi connectivity index (χ2n) is 7.33. The maximum atomic E-state index is 9.72. The van der Waals surface area contributed by atoms with Gasteiger partial charge in [0, 0.05) is 0 Å². The second-order valence-corrected chi connectivity index (χ2v) is 7.33. The molecule has 3 nitrogen and oxygen atoms in total. The molecule has 2 saturated carbocycles. The number of azo groups is 1. The molecule has 0 radical (unpaired) electrons. The number of nitrogens with zero attached hydrogens (tertiary/aromatic N) is 3. The first kappa shape index (κ1) is 17.4. The van der Waals surface area contributed by atoms with E-state index < -0.39 is 5.54 Å². The highest BCUT2D eigenvalue weighted by atomic mass is 15.2. The van der Waals surface area contributed by atoms with Gasteiger partial charge in [-0.05, 0) is 38.5 Å². The van der Waals surface area contributed by atoms with Crippen molar-refractivity contribution in [3.05, 3.63) is 0 Å². The number of hydrogen-bond acceptors (Lipinski definition) is 3. The minimum absolute atomic E-state index is 0.371. The fourth-order valence-corrected chi connectivity index (χ4v) is 3.82. The molecule has 0 bridgehead atoms. The minimum Gasteiger partial charge on any atom is -0.196 e. The average molecular weight is 303 g/mol. The number of nitriles is 1. The summed E-state index contributed by atoms with van der Waals surface area (Å²) in [5, 5.41) is 19.1. The third kappa shape index (κ3) is 6.07. The lowest BCUT2D eigenvalue weighted by molar-refractivity contribution is 0.398. The zero-order valence-electron chi connectivity index (χ0n) is 14.2. The minimum atomic E-state index is -0.511. The molecule has 2 aliphatic carbocycles. The summed E-state index contributed by atoms with van der Waals surface area (Å²) >= 11 is 0. The van der Waals surface area contributed by atoms with Crippen molar-refractivity contribution in [1.29, 1.82) is 5.26 Å². The molecule has 2 fully saturated rings. The molecule has 3 heteroatoms. The highest BCUT2D eigenvalue weighted by molar-refractivity contribution is 5.06. The van der Waals surface area contributed by atoms with Gasteiger partial charge in [-0.3, -0.25) is 0 Å². The Hall–Kier alpha value is -0.910. The Morgan fingerprint density at radius 2 is 1.14 bits per heavy atom. The van der Waals surface area contributed by atoms with E-state index in [2.05, 4.69) is 11.2 Å². The predicted molar refractivity (Wildman–Crippen MR) is 90.9 cm³/mol.